The highest BCUT2D eigenvalue weighted by molar-refractivity contribution is 5.70. The first kappa shape index (κ1) is 9.77. The molecule has 2 rings (SSSR count). The number of piperidine rings is 1. The molecule has 80 valence electrons. The third-order valence-electron chi connectivity index (χ3n) is 3.51. The number of ether oxygens (including phenoxy) is 1. The fraction of sp³-hybridized carbons (Fsp3) is 0.900. The Labute approximate surface area is 84.8 Å². The summed E-state index contributed by atoms with van der Waals surface area (Å²) in [6, 6.07) is 0. The van der Waals surface area contributed by atoms with Gasteiger partial charge in [-0.25, -0.2) is 4.79 Å². The number of amides is 1. The van der Waals surface area contributed by atoms with Crippen molar-refractivity contribution in [1.82, 2.24) is 9.80 Å². The third-order valence-corrected chi connectivity index (χ3v) is 3.51. The normalized spacial score (nSPS) is 39.2. The Morgan fingerprint density at radius 1 is 1.50 bits per heavy atom. The minimum Gasteiger partial charge on any atom is -0.441 e. The van der Waals surface area contributed by atoms with Crippen LogP contribution < -0.4 is 0 Å². The Kier molecular flexibility index (Phi) is 2.18. The van der Waals surface area contributed by atoms with Gasteiger partial charge < -0.3 is 14.5 Å². The molecule has 2 heterocycles. The van der Waals surface area contributed by atoms with Crippen molar-refractivity contribution in [2.45, 2.75) is 18.9 Å². The molecule has 0 bridgehead atoms. The van der Waals surface area contributed by atoms with E-state index in [0.717, 1.165) is 26.1 Å². The van der Waals surface area contributed by atoms with Gasteiger partial charge in [-0.15, -0.1) is 0 Å². The minimum absolute atomic E-state index is 0.165. The summed E-state index contributed by atoms with van der Waals surface area (Å²) in [6.45, 7) is 4.95. The van der Waals surface area contributed by atoms with Crippen LogP contribution in [0.4, 0.5) is 4.79 Å². The SMILES string of the molecule is CC1CN(C)CCC12CN(C)C(=O)O2. The van der Waals surface area contributed by atoms with Gasteiger partial charge in [-0.1, -0.05) is 6.92 Å². The van der Waals surface area contributed by atoms with E-state index in [4.69, 9.17) is 4.74 Å². The van der Waals surface area contributed by atoms with Crippen LogP contribution in [-0.2, 0) is 4.74 Å². The van der Waals surface area contributed by atoms with Crippen LogP contribution in [0.2, 0.25) is 0 Å². The number of hydrogen-bond donors (Lipinski definition) is 0. The molecular formula is C10H18N2O2. The predicted octanol–water partition coefficient (Wildman–Crippen LogP) is 0.779. The predicted molar refractivity (Wildman–Crippen MR) is 53.1 cm³/mol. The van der Waals surface area contributed by atoms with E-state index in [0.29, 0.717) is 5.92 Å². The summed E-state index contributed by atoms with van der Waals surface area (Å²) in [5.74, 6) is 0.426. The van der Waals surface area contributed by atoms with Gasteiger partial charge in [0.05, 0.1) is 6.54 Å². The summed E-state index contributed by atoms with van der Waals surface area (Å²) in [7, 11) is 3.92. The Hall–Kier alpha value is -0.770. The van der Waals surface area contributed by atoms with Gasteiger partial charge in [0.15, 0.2) is 0 Å². The number of likely N-dealkylation sites (N-methyl/N-ethyl adjacent to an activating group) is 1. The zero-order chi connectivity index (χ0) is 10.3. The molecule has 0 aromatic carbocycles. The molecule has 2 fully saturated rings. The van der Waals surface area contributed by atoms with E-state index in [1.807, 2.05) is 7.05 Å². The van der Waals surface area contributed by atoms with E-state index in [1.54, 1.807) is 4.90 Å². The topological polar surface area (TPSA) is 32.8 Å². The van der Waals surface area contributed by atoms with Gasteiger partial charge in [-0.2, -0.15) is 0 Å². The summed E-state index contributed by atoms with van der Waals surface area (Å²) < 4.78 is 5.52. The Balaban J connectivity index is 2.13. The van der Waals surface area contributed by atoms with Gasteiger partial charge in [0.2, 0.25) is 0 Å². The van der Waals surface area contributed by atoms with Crippen LogP contribution in [0.1, 0.15) is 13.3 Å². The standard InChI is InChI=1S/C10H18N2O2/c1-8-6-11(2)5-4-10(8)7-12(3)9(13)14-10/h8H,4-7H2,1-3H3. The Bertz CT molecular complexity index is 257. The molecule has 0 N–H and O–H groups in total. The molecule has 2 aliphatic rings. The molecule has 4 heteroatoms. The van der Waals surface area contributed by atoms with E-state index >= 15 is 0 Å². The fourth-order valence-corrected chi connectivity index (χ4v) is 2.49. The average molecular weight is 198 g/mol. The lowest BCUT2D eigenvalue weighted by molar-refractivity contribution is -0.0360. The number of likely N-dealkylation sites (tertiary alicyclic amines) is 1. The summed E-state index contributed by atoms with van der Waals surface area (Å²) >= 11 is 0. The molecule has 1 amide bonds. The summed E-state index contributed by atoms with van der Waals surface area (Å²) in [5.41, 5.74) is -0.210. The highest BCUT2D eigenvalue weighted by Crippen LogP contribution is 2.36. The van der Waals surface area contributed by atoms with E-state index in [1.165, 1.54) is 0 Å². The Morgan fingerprint density at radius 3 is 2.71 bits per heavy atom. The van der Waals surface area contributed by atoms with Crippen LogP contribution in [0.5, 0.6) is 0 Å². The first-order valence-corrected chi connectivity index (χ1v) is 5.16. The number of hydrogen-bond acceptors (Lipinski definition) is 3. The molecule has 0 aromatic heterocycles. The van der Waals surface area contributed by atoms with Crippen molar-refractivity contribution in [3.8, 4) is 0 Å². The maximum atomic E-state index is 11.4. The summed E-state index contributed by atoms with van der Waals surface area (Å²) in [4.78, 5) is 15.3. The highest BCUT2D eigenvalue weighted by atomic mass is 16.6. The fourth-order valence-electron chi connectivity index (χ4n) is 2.49. The van der Waals surface area contributed by atoms with Gasteiger partial charge in [-0.3, -0.25) is 0 Å². The molecule has 2 unspecified atom stereocenters. The maximum absolute atomic E-state index is 11.4. The van der Waals surface area contributed by atoms with Gasteiger partial charge in [-0.05, 0) is 7.05 Å². The average Bonchev–Trinajstić information content (AvgIpc) is 2.39. The second-order valence-corrected chi connectivity index (χ2v) is 4.70. The minimum atomic E-state index is -0.210. The third kappa shape index (κ3) is 1.38. The van der Waals surface area contributed by atoms with Crippen LogP contribution in [0.3, 0.4) is 0 Å². The van der Waals surface area contributed by atoms with Crippen molar-refractivity contribution in [1.29, 1.82) is 0 Å². The second-order valence-electron chi connectivity index (χ2n) is 4.70. The van der Waals surface area contributed by atoms with Crippen LogP contribution >= 0.6 is 0 Å². The van der Waals surface area contributed by atoms with Crippen LogP contribution in [-0.4, -0.2) is 55.2 Å². The molecule has 4 nitrogen and oxygen atoms in total. The van der Waals surface area contributed by atoms with Gasteiger partial charge in [0, 0.05) is 32.5 Å². The molecule has 2 atom stereocenters. The largest absolute Gasteiger partial charge is 0.441 e. The quantitative estimate of drug-likeness (QED) is 0.576. The van der Waals surface area contributed by atoms with Crippen LogP contribution in [0.15, 0.2) is 0 Å². The number of nitrogens with zero attached hydrogens (tertiary/aromatic N) is 2. The van der Waals surface area contributed by atoms with E-state index in [2.05, 4.69) is 18.9 Å². The van der Waals surface area contributed by atoms with Gasteiger partial charge in [0.1, 0.15) is 5.60 Å². The van der Waals surface area contributed by atoms with E-state index < -0.39 is 0 Å². The first-order chi connectivity index (χ1) is 6.53. The molecule has 2 aliphatic heterocycles. The lowest BCUT2D eigenvalue weighted by atomic mass is 9.82. The van der Waals surface area contributed by atoms with Crippen molar-refractivity contribution in [2.24, 2.45) is 5.92 Å². The molecule has 0 aromatic rings. The van der Waals surface area contributed by atoms with Crippen LogP contribution in [0, 0.1) is 5.92 Å². The molecule has 14 heavy (non-hydrogen) atoms. The zero-order valence-corrected chi connectivity index (χ0v) is 9.12. The maximum Gasteiger partial charge on any atom is 0.410 e. The number of carbonyl (C=O) groups is 1. The van der Waals surface area contributed by atoms with Crippen molar-refractivity contribution in [3.63, 3.8) is 0 Å². The lowest BCUT2D eigenvalue weighted by Gasteiger charge is -2.41. The monoisotopic (exact) mass is 198 g/mol. The summed E-state index contributed by atoms with van der Waals surface area (Å²) in [5, 5.41) is 0. The highest BCUT2D eigenvalue weighted by Gasteiger charge is 2.49. The lowest BCUT2D eigenvalue weighted by Crippen LogP contribution is -2.51. The molecule has 2 saturated heterocycles. The summed E-state index contributed by atoms with van der Waals surface area (Å²) in [6.07, 6.45) is 0.794. The van der Waals surface area contributed by atoms with Crippen molar-refractivity contribution in [2.75, 3.05) is 33.7 Å². The van der Waals surface area contributed by atoms with Crippen molar-refractivity contribution >= 4 is 6.09 Å². The van der Waals surface area contributed by atoms with Gasteiger partial charge >= 0.3 is 6.09 Å². The zero-order valence-electron chi connectivity index (χ0n) is 9.12. The van der Waals surface area contributed by atoms with Crippen LogP contribution in [0.25, 0.3) is 0 Å². The number of carbonyl (C=O) groups excluding carboxylic acids is 1. The van der Waals surface area contributed by atoms with E-state index in [9.17, 15) is 4.79 Å². The first-order valence-electron chi connectivity index (χ1n) is 5.16. The second kappa shape index (κ2) is 3.12. The van der Waals surface area contributed by atoms with Crippen molar-refractivity contribution in [3.05, 3.63) is 0 Å². The van der Waals surface area contributed by atoms with Crippen molar-refractivity contribution < 1.29 is 9.53 Å². The smallest absolute Gasteiger partial charge is 0.410 e. The molecule has 1 spiro atoms. The van der Waals surface area contributed by atoms with Gasteiger partial charge in [0.25, 0.3) is 0 Å². The molecule has 0 aliphatic carbocycles. The molecule has 0 radical (unpaired) electrons. The molecular weight excluding hydrogens is 180 g/mol. The molecule has 0 saturated carbocycles. The van der Waals surface area contributed by atoms with E-state index in [-0.39, 0.29) is 11.7 Å². The number of rotatable bonds is 0. The Morgan fingerprint density at radius 2 is 2.21 bits per heavy atom.